The van der Waals surface area contributed by atoms with E-state index in [2.05, 4.69) is 24.8 Å². The van der Waals surface area contributed by atoms with Crippen molar-refractivity contribution < 1.29 is 13.6 Å². The summed E-state index contributed by atoms with van der Waals surface area (Å²) in [6, 6.07) is 4.28. The van der Waals surface area contributed by atoms with Gasteiger partial charge in [0.2, 0.25) is 5.91 Å². The molecule has 3 heterocycles. The molecule has 9 heteroatoms. The van der Waals surface area contributed by atoms with Gasteiger partial charge in [-0.2, -0.15) is 5.10 Å². The van der Waals surface area contributed by atoms with E-state index in [-0.39, 0.29) is 17.4 Å². The maximum atomic E-state index is 14.3. The zero-order chi connectivity index (χ0) is 21.5. The molecule has 2 aromatic rings. The van der Waals surface area contributed by atoms with E-state index in [1.165, 1.54) is 5.01 Å². The summed E-state index contributed by atoms with van der Waals surface area (Å²) in [7, 11) is 0. The van der Waals surface area contributed by atoms with Gasteiger partial charge in [-0.3, -0.25) is 4.79 Å². The van der Waals surface area contributed by atoms with Crippen LogP contribution in [0.3, 0.4) is 0 Å². The first-order chi connectivity index (χ1) is 15.0. The summed E-state index contributed by atoms with van der Waals surface area (Å²) in [6.07, 6.45) is 4.98. The summed E-state index contributed by atoms with van der Waals surface area (Å²) in [4.78, 5) is 27.2. The molecular formula is C22H20F2N6O. The molecule has 2 aliphatic heterocycles. The molecule has 158 valence electrons. The van der Waals surface area contributed by atoms with Gasteiger partial charge in [0, 0.05) is 43.4 Å². The number of aromatic nitrogens is 2. The van der Waals surface area contributed by atoms with Crippen LogP contribution in [0.25, 0.3) is 4.85 Å². The summed E-state index contributed by atoms with van der Waals surface area (Å²) < 4.78 is 28.0. The van der Waals surface area contributed by atoms with Gasteiger partial charge < -0.3 is 9.74 Å². The van der Waals surface area contributed by atoms with Gasteiger partial charge in [-0.25, -0.2) is 18.8 Å². The number of halogens is 2. The molecule has 0 radical (unpaired) electrons. The van der Waals surface area contributed by atoms with Crippen LogP contribution in [0.2, 0.25) is 0 Å². The fourth-order valence-corrected chi connectivity index (χ4v) is 5.06. The first kappa shape index (κ1) is 19.5. The van der Waals surface area contributed by atoms with Crippen molar-refractivity contribution in [1.29, 1.82) is 0 Å². The molecule has 5 rings (SSSR count). The fourth-order valence-electron chi connectivity index (χ4n) is 5.06. The van der Waals surface area contributed by atoms with E-state index in [0.29, 0.717) is 42.9 Å². The Kier molecular flexibility index (Phi) is 4.85. The highest BCUT2D eigenvalue weighted by atomic mass is 19.1. The molecule has 1 saturated carbocycles. The average Bonchev–Trinajstić information content (AvgIpc) is 3.50. The van der Waals surface area contributed by atoms with E-state index in [0.717, 1.165) is 31.3 Å². The number of anilines is 1. The first-order valence-electron chi connectivity index (χ1n) is 10.3. The van der Waals surface area contributed by atoms with Gasteiger partial charge in [-0.1, -0.05) is 11.6 Å². The molecule has 0 spiro atoms. The number of carbonyl (C=O) groups excluding carboxylic acids is 1. The highest BCUT2D eigenvalue weighted by molar-refractivity contribution is 5.82. The maximum absolute atomic E-state index is 14.3. The zero-order valence-electron chi connectivity index (χ0n) is 16.7. The number of rotatable bonds is 3. The molecule has 0 bridgehead atoms. The Hall–Kier alpha value is -3.41. The first-order valence-corrected chi connectivity index (χ1v) is 10.3. The molecule has 7 nitrogen and oxygen atoms in total. The zero-order valence-corrected chi connectivity index (χ0v) is 16.7. The van der Waals surface area contributed by atoms with E-state index in [1.54, 1.807) is 18.5 Å². The van der Waals surface area contributed by atoms with Gasteiger partial charge in [-0.05, 0) is 48.9 Å². The Morgan fingerprint density at radius 1 is 1.16 bits per heavy atom. The van der Waals surface area contributed by atoms with E-state index >= 15 is 0 Å². The maximum Gasteiger partial charge on any atom is 0.322 e. The van der Waals surface area contributed by atoms with E-state index in [1.807, 2.05) is 0 Å². The third-order valence-corrected chi connectivity index (χ3v) is 6.50. The largest absolute Gasteiger partial charge is 0.360 e. The molecule has 31 heavy (non-hydrogen) atoms. The Labute approximate surface area is 178 Å². The average molecular weight is 422 g/mol. The van der Waals surface area contributed by atoms with Crippen LogP contribution in [-0.4, -0.2) is 40.2 Å². The van der Waals surface area contributed by atoms with Crippen molar-refractivity contribution in [1.82, 2.24) is 15.0 Å². The van der Waals surface area contributed by atoms with E-state index < -0.39 is 17.7 Å². The predicted octanol–water partition coefficient (Wildman–Crippen LogP) is 3.73. The Balaban J connectivity index is 1.27. The standard InChI is InChI=1S/C22H20F2N6O/c1-25-20-5-6-26-22(28-20)29-11-14-8-13(9-15(14)12-29)21(31)30-19(4-7-27-30)17-10-16(23)2-3-18(17)24/h2-3,5-7,10,13-15,19H,4,8-9,11-12H2. The quantitative estimate of drug-likeness (QED) is 0.707. The van der Waals surface area contributed by atoms with Crippen LogP contribution in [0, 0.1) is 36.0 Å². The second kappa shape index (κ2) is 7.69. The van der Waals surface area contributed by atoms with Crippen molar-refractivity contribution in [3.8, 4) is 0 Å². The van der Waals surface area contributed by atoms with Crippen LogP contribution in [0.5, 0.6) is 0 Å². The number of nitrogens with zero attached hydrogens (tertiary/aromatic N) is 6. The highest BCUT2D eigenvalue weighted by Crippen LogP contribution is 2.44. The molecule has 1 aliphatic carbocycles. The molecule has 2 fully saturated rings. The number of hydrogen-bond acceptors (Lipinski definition) is 5. The highest BCUT2D eigenvalue weighted by Gasteiger charge is 2.46. The summed E-state index contributed by atoms with van der Waals surface area (Å²) in [5.41, 5.74) is 0.159. The van der Waals surface area contributed by atoms with Gasteiger partial charge in [0.25, 0.3) is 5.82 Å². The van der Waals surface area contributed by atoms with Crippen molar-refractivity contribution >= 4 is 23.9 Å². The SMILES string of the molecule is [C-]#[N+]c1ccnc(N2CC3CC(C(=O)N4N=CCC4c4cc(F)ccc4F)CC3C2)n1. The summed E-state index contributed by atoms with van der Waals surface area (Å²) in [6.45, 7) is 8.59. The Bertz CT molecular complexity index is 1090. The predicted molar refractivity (Wildman–Crippen MR) is 109 cm³/mol. The molecule has 1 saturated heterocycles. The van der Waals surface area contributed by atoms with Crippen molar-refractivity contribution in [2.45, 2.75) is 25.3 Å². The van der Waals surface area contributed by atoms with E-state index in [4.69, 9.17) is 6.57 Å². The van der Waals surface area contributed by atoms with Crippen LogP contribution < -0.4 is 4.90 Å². The summed E-state index contributed by atoms with van der Waals surface area (Å²) >= 11 is 0. The topological polar surface area (TPSA) is 66.1 Å². The molecule has 1 amide bonds. The Morgan fingerprint density at radius 3 is 2.68 bits per heavy atom. The lowest BCUT2D eigenvalue weighted by Gasteiger charge is -2.26. The minimum atomic E-state index is -0.607. The smallest absolute Gasteiger partial charge is 0.322 e. The van der Waals surface area contributed by atoms with Crippen molar-refractivity contribution in [3.05, 3.63) is 59.1 Å². The van der Waals surface area contributed by atoms with E-state index in [9.17, 15) is 13.6 Å². The number of benzene rings is 1. The number of fused-ring (bicyclic) bond motifs is 1. The minimum Gasteiger partial charge on any atom is -0.360 e. The monoisotopic (exact) mass is 422 g/mol. The second-order valence-electron chi connectivity index (χ2n) is 8.32. The molecule has 0 N–H and O–H groups in total. The van der Waals surface area contributed by atoms with Crippen LogP contribution in [0.1, 0.15) is 30.9 Å². The van der Waals surface area contributed by atoms with Crippen molar-refractivity contribution in [2.24, 2.45) is 22.9 Å². The van der Waals surface area contributed by atoms with Gasteiger partial charge in [0.1, 0.15) is 11.6 Å². The third kappa shape index (κ3) is 3.52. The lowest BCUT2D eigenvalue weighted by atomic mass is 10.00. The molecule has 1 aromatic carbocycles. The van der Waals surface area contributed by atoms with Crippen molar-refractivity contribution in [2.75, 3.05) is 18.0 Å². The molecular weight excluding hydrogens is 402 g/mol. The number of carbonyl (C=O) groups is 1. The minimum absolute atomic E-state index is 0.130. The normalized spacial score (nSPS) is 26.9. The molecule has 3 unspecified atom stereocenters. The molecule has 3 atom stereocenters. The molecule has 3 aliphatic rings. The van der Waals surface area contributed by atoms with Gasteiger partial charge in [-0.15, -0.1) is 0 Å². The second-order valence-corrected chi connectivity index (χ2v) is 8.32. The fraction of sp³-hybridized carbons (Fsp3) is 0.409. The van der Waals surface area contributed by atoms with Crippen LogP contribution in [0.4, 0.5) is 20.5 Å². The summed E-state index contributed by atoms with van der Waals surface area (Å²) in [5.74, 6) is 0.131. The lowest BCUT2D eigenvalue weighted by molar-refractivity contribution is -0.137. The third-order valence-electron chi connectivity index (χ3n) is 6.50. The van der Waals surface area contributed by atoms with Gasteiger partial charge in [0.15, 0.2) is 0 Å². The van der Waals surface area contributed by atoms with Gasteiger partial charge >= 0.3 is 5.95 Å². The van der Waals surface area contributed by atoms with Crippen LogP contribution in [-0.2, 0) is 4.79 Å². The number of hydrogen-bond donors (Lipinski definition) is 0. The Morgan fingerprint density at radius 2 is 1.94 bits per heavy atom. The van der Waals surface area contributed by atoms with Crippen LogP contribution >= 0.6 is 0 Å². The number of amides is 1. The lowest BCUT2D eigenvalue weighted by Crippen LogP contribution is -2.33. The van der Waals surface area contributed by atoms with Gasteiger partial charge in [0.05, 0.1) is 6.04 Å². The summed E-state index contributed by atoms with van der Waals surface area (Å²) in [5, 5.41) is 5.53. The van der Waals surface area contributed by atoms with Crippen LogP contribution in [0.15, 0.2) is 35.6 Å². The molecule has 1 aromatic heterocycles. The van der Waals surface area contributed by atoms with Crippen molar-refractivity contribution in [3.63, 3.8) is 0 Å². The number of hydrazone groups is 1.